The van der Waals surface area contributed by atoms with Gasteiger partial charge in [0.15, 0.2) is 0 Å². The molecule has 0 aliphatic heterocycles. The summed E-state index contributed by atoms with van der Waals surface area (Å²) in [5, 5.41) is 30.0. The minimum atomic E-state index is -1.39. The Labute approximate surface area is 304 Å². The number of Topliss-reactive ketones (excluding diaryl/α,β-unsaturated/α-hetero) is 3. The van der Waals surface area contributed by atoms with Gasteiger partial charge in [0.25, 0.3) is 0 Å². The summed E-state index contributed by atoms with van der Waals surface area (Å²) >= 11 is 1.70. The second kappa shape index (κ2) is 33.2. The summed E-state index contributed by atoms with van der Waals surface area (Å²) < 4.78 is 18.9. The van der Waals surface area contributed by atoms with E-state index < -0.39 is 72.4 Å². The van der Waals surface area contributed by atoms with Gasteiger partial charge < -0.3 is 43.9 Å². The molecule has 0 aliphatic carbocycles. The van der Waals surface area contributed by atoms with E-state index in [-0.39, 0.29) is 55.8 Å². The van der Waals surface area contributed by atoms with Crippen LogP contribution in [-0.2, 0) is 81.5 Å². The first-order valence-electron chi connectivity index (χ1n) is 15.0. The third-order valence-corrected chi connectivity index (χ3v) is 5.54. The number of esters is 3. The Kier molecular flexibility index (Phi) is 34.9. The first-order chi connectivity index (χ1) is 23.1. The minimum absolute atomic E-state index is 0.0669. The zero-order valence-electron chi connectivity index (χ0n) is 29.2. The van der Waals surface area contributed by atoms with E-state index >= 15 is 0 Å². The number of hydrogen-bond donors (Lipinski definition) is 0. The molecule has 0 atom stereocenters. The summed E-state index contributed by atoms with van der Waals surface area (Å²) in [6.45, 7) is 19.0. The Morgan fingerprint density at radius 1 is 0.520 bits per heavy atom. The normalized spacial score (nSPS) is 9.44. The van der Waals surface area contributed by atoms with Gasteiger partial charge in [0.05, 0.1) is 19.8 Å². The molecule has 0 aliphatic rings. The molecule has 0 saturated heterocycles. The molecule has 0 N–H and O–H groups in total. The second-order valence-electron chi connectivity index (χ2n) is 10.5. The zero-order chi connectivity index (χ0) is 39.8. The van der Waals surface area contributed by atoms with E-state index in [1.54, 1.807) is 20.8 Å². The molecule has 0 bridgehead atoms. The van der Waals surface area contributed by atoms with Gasteiger partial charge in [0, 0.05) is 73.2 Å². The summed E-state index contributed by atoms with van der Waals surface area (Å²) in [6.07, 6.45) is -0.250. The molecule has 50 heavy (non-hydrogen) atoms. The third kappa shape index (κ3) is 43.7. The number of ether oxygens (including phenoxy) is 3. The first kappa shape index (κ1) is 52.5. The van der Waals surface area contributed by atoms with Crippen LogP contribution >= 0.6 is 0 Å². The molecule has 0 aromatic rings. The number of carbonyl (C=O) groups excluding carboxylic acids is 9. The molecule has 0 rings (SSSR count). The number of carboxylic acids is 3. The zero-order valence-corrected chi connectivity index (χ0v) is 30.8. The van der Waals surface area contributed by atoms with Crippen molar-refractivity contribution in [1.29, 1.82) is 0 Å². The number of aliphatic carboxylic acids is 3. The monoisotopic (exact) mass is 746 g/mol. The van der Waals surface area contributed by atoms with Crippen molar-refractivity contribution in [1.82, 2.24) is 0 Å². The van der Waals surface area contributed by atoms with Crippen LogP contribution in [0.5, 0.6) is 0 Å². The number of carbonyl (C=O) groups is 9. The molecule has 17 heteroatoms. The van der Waals surface area contributed by atoms with Crippen LogP contribution in [0.2, 0.25) is 0 Å². The second-order valence-corrected chi connectivity index (χ2v) is 10.9. The van der Waals surface area contributed by atoms with Gasteiger partial charge in [0.1, 0.15) is 17.3 Å². The predicted octanol–water partition coefficient (Wildman–Crippen LogP) is -0.342. The van der Waals surface area contributed by atoms with Crippen molar-refractivity contribution in [2.75, 3.05) is 19.8 Å². The molecule has 0 amide bonds. The SMILES string of the molecule is C=C(C)C(=O)OCCCC(=O)CC(=O)[O-].C=C(C)C(=O)OCCCC(=O)CC(=O)[O-].C=C(C)C(=O)OCCCC(=O)CC(=O)[O-].CC(C)[O][Ti+3]. The van der Waals surface area contributed by atoms with E-state index in [0.29, 0.717) is 25.4 Å². The van der Waals surface area contributed by atoms with Crippen molar-refractivity contribution in [3.63, 3.8) is 0 Å². The molecule has 0 spiro atoms. The van der Waals surface area contributed by atoms with Gasteiger partial charge in [-0.2, -0.15) is 0 Å². The Morgan fingerprint density at radius 2 is 0.720 bits per heavy atom. The molecule has 278 valence electrons. The maximum absolute atomic E-state index is 10.9. The van der Waals surface area contributed by atoms with Crippen LogP contribution in [0.4, 0.5) is 0 Å². The molecule has 0 fully saturated rings. The van der Waals surface area contributed by atoms with Gasteiger partial charge in [-0.15, -0.1) is 0 Å². The van der Waals surface area contributed by atoms with Gasteiger partial charge >= 0.3 is 62.0 Å². The van der Waals surface area contributed by atoms with Gasteiger partial charge in [-0.1, -0.05) is 19.7 Å². The standard InChI is InChI=1S/3C10H14O5.C3H7O.Ti/c3*1-7(2)10(14)15-5-3-4-8(11)6-9(12)13;1-3(2)4;/h3*1,3-6H2,2H3,(H,12,13);3H,1-2H3;/q;;;-1;+4/p-3. The van der Waals surface area contributed by atoms with Crippen molar-refractivity contribution < 1.29 is 96.8 Å². The van der Waals surface area contributed by atoms with E-state index in [2.05, 4.69) is 19.7 Å². The van der Waals surface area contributed by atoms with Crippen molar-refractivity contribution in [3.8, 4) is 0 Å². The van der Waals surface area contributed by atoms with Gasteiger partial charge in [-0.25, -0.2) is 14.4 Å². The van der Waals surface area contributed by atoms with Crippen LogP contribution in [0.15, 0.2) is 36.5 Å². The predicted molar refractivity (Wildman–Crippen MR) is 165 cm³/mol. The summed E-state index contributed by atoms with van der Waals surface area (Å²) in [7, 11) is 0. The van der Waals surface area contributed by atoms with Gasteiger partial charge in [-0.05, 0) is 40.0 Å². The Hall–Kier alpha value is -4.28. The van der Waals surface area contributed by atoms with E-state index in [4.69, 9.17) is 17.5 Å². The Bertz CT molecular complexity index is 1050. The molecule has 0 aromatic heterocycles. The quantitative estimate of drug-likeness (QED) is 0.0343. The summed E-state index contributed by atoms with van der Waals surface area (Å²) in [5.41, 5.74) is 0.864. The summed E-state index contributed by atoms with van der Waals surface area (Å²) in [4.78, 5) is 95.2. The fourth-order valence-corrected chi connectivity index (χ4v) is 2.42. The van der Waals surface area contributed by atoms with Crippen LogP contribution in [0.1, 0.15) is 92.4 Å². The van der Waals surface area contributed by atoms with Crippen molar-refractivity contribution in [2.24, 2.45) is 0 Å². The van der Waals surface area contributed by atoms with Crippen molar-refractivity contribution >= 4 is 53.2 Å². The maximum atomic E-state index is 10.9. The number of hydrogen-bond acceptors (Lipinski definition) is 16. The molecular formula is C33H46O16Ti. The topological polar surface area (TPSA) is 260 Å². The number of ketones is 3. The first-order valence-corrected chi connectivity index (χ1v) is 15.7. The fourth-order valence-electron chi connectivity index (χ4n) is 2.42. The van der Waals surface area contributed by atoms with Crippen LogP contribution in [0.25, 0.3) is 0 Å². The molecule has 0 unspecified atom stereocenters. The van der Waals surface area contributed by atoms with Crippen LogP contribution < -0.4 is 15.3 Å². The molecule has 0 radical (unpaired) electrons. The fraction of sp³-hybridized carbons (Fsp3) is 0.545. The Balaban J connectivity index is -0.000000296. The van der Waals surface area contributed by atoms with Crippen LogP contribution in [0.3, 0.4) is 0 Å². The Morgan fingerprint density at radius 3 is 0.860 bits per heavy atom. The number of carboxylic acid groups (broad SMARTS) is 3. The third-order valence-electron chi connectivity index (χ3n) is 4.80. The van der Waals surface area contributed by atoms with Gasteiger partial charge in [0.2, 0.25) is 0 Å². The van der Waals surface area contributed by atoms with E-state index in [1.807, 2.05) is 13.8 Å². The summed E-state index contributed by atoms with van der Waals surface area (Å²) in [5.74, 6) is -6.99. The van der Waals surface area contributed by atoms with Crippen molar-refractivity contribution in [3.05, 3.63) is 36.5 Å². The van der Waals surface area contributed by atoms with Crippen LogP contribution in [-0.4, -0.2) is 79.1 Å². The van der Waals surface area contributed by atoms with E-state index in [9.17, 15) is 58.5 Å². The van der Waals surface area contributed by atoms with Crippen molar-refractivity contribution in [2.45, 2.75) is 98.5 Å². The molecule has 0 heterocycles. The van der Waals surface area contributed by atoms with E-state index in [1.165, 1.54) is 20.8 Å². The summed E-state index contributed by atoms with van der Waals surface area (Å²) in [6, 6.07) is 0. The molecular weight excluding hydrogens is 700 g/mol. The molecule has 0 aromatic carbocycles. The number of rotatable bonds is 22. The van der Waals surface area contributed by atoms with E-state index in [0.717, 1.165) is 0 Å². The molecule has 16 nitrogen and oxygen atoms in total. The average Bonchev–Trinajstić information content (AvgIpc) is 2.99. The van der Waals surface area contributed by atoms with Gasteiger partial charge in [-0.3, -0.25) is 14.4 Å². The average molecular weight is 747 g/mol. The molecule has 0 saturated carbocycles. The van der Waals surface area contributed by atoms with Crippen LogP contribution in [0, 0.1) is 0 Å².